The summed E-state index contributed by atoms with van der Waals surface area (Å²) in [5.74, 6) is -0.0967. The number of fused-ring (bicyclic) bond motifs is 1. The number of ketones is 1. The zero-order chi connectivity index (χ0) is 23.3. The number of carbonyl (C=O) groups excluding carboxylic acids is 3. The Balaban J connectivity index is 1.95. The highest BCUT2D eigenvalue weighted by molar-refractivity contribution is 5.89. The first kappa shape index (κ1) is 25.5. The molecule has 1 atom stereocenters. The molecule has 2 amide bonds. The number of nitrogens with one attached hydrogen (secondary N) is 3. The van der Waals surface area contributed by atoms with Gasteiger partial charge in [0.25, 0.3) is 0 Å². The molecule has 6 nitrogen and oxygen atoms in total. The molecule has 0 fully saturated rings. The van der Waals surface area contributed by atoms with Crippen LogP contribution in [0.25, 0.3) is 10.8 Å². The number of benzene rings is 2. The van der Waals surface area contributed by atoms with Gasteiger partial charge in [0, 0.05) is 31.8 Å². The van der Waals surface area contributed by atoms with Crippen LogP contribution in [-0.4, -0.2) is 42.8 Å². The van der Waals surface area contributed by atoms with Gasteiger partial charge in [-0.25, -0.2) is 0 Å². The summed E-state index contributed by atoms with van der Waals surface area (Å²) in [6.45, 7) is 6.53. The zero-order valence-corrected chi connectivity index (χ0v) is 19.6. The molecule has 0 saturated heterocycles. The third kappa shape index (κ3) is 9.18. The largest absolute Gasteiger partial charge is 0.354 e. The van der Waals surface area contributed by atoms with Crippen molar-refractivity contribution in [2.24, 2.45) is 0 Å². The summed E-state index contributed by atoms with van der Waals surface area (Å²) in [5.41, 5.74) is 0.999. The second-order valence-corrected chi connectivity index (χ2v) is 8.54. The minimum atomic E-state index is -0.640. The van der Waals surface area contributed by atoms with Crippen molar-refractivity contribution in [1.82, 2.24) is 16.0 Å². The lowest BCUT2D eigenvalue weighted by Crippen LogP contribution is -2.50. The van der Waals surface area contributed by atoms with E-state index in [1.807, 2.05) is 51.1 Å². The van der Waals surface area contributed by atoms with E-state index in [9.17, 15) is 14.4 Å². The van der Waals surface area contributed by atoms with Crippen molar-refractivity contribution in [1.29, 1.82) is 0 Å². The van der Waals surface area contributed by atoms with E-state index in [0.29, 0.717) is 25.8 Å². The minimum Gasteiger partial charge on any atom is -0.354 e. The molecule has 0 unspecified atom stereocenters. The molecule has 3 N–H and O–H groups in total. The average Bonchev–Trinajstić information content (AvgIpc) is 2.79. The first-order chi connectivity index (χ1) is 15.4. The van der Waals surface area contributed by atoms with Crippen molar-refractivity contribution in [2.75, 3.05) is 13.1 Å². The van der Waals surface area contributed by atoms with Crippen LogP contribution >= 0.6 is 0 Å². The highest BCUT2D eigenvalue weighted by Crippen LogP contribution is 2.17. The fourth-order valence-corrected chi connectivity index (χ4v) is 3.49. The summed E-state index contributed by atoms with van der Waals surface area (Å²) < 4.78 is 0. The molecule has 0 aliphatic carbocycles. The molecule has 0 aromatic heterocycles. The molecule has 2 aromatic carbocycles. The SMILES string of the molecule is CCC(=O)CCCCCNC(=O)[C@H](Cc1ccc2ccccc2c1)NC(=O)CNC(C)C. The second kappa shape index (κ2) is 13.6. The molecule has 0 heterocycles. The molecule has 0 saturated carbocycles. The van der Waals surface area contributed by atoms with E-state index in [-0.39, 0.29) is 30.2 Å². The van der Waals surface area contributed by atoms with Gasteiger partial charge in [-0.1, -0.05) is 69.7 Å². The number of carbonyl (C=O) groups is 3. The van der Waals surface area contributed by atoms with Crippen LogP contribution in [-0.2, 0) is 20.8 Å². The average molecular weight is 440 g/mol. The van der Waals surface area contributed by atoms with Crippen molar-refractivity contribution in [3.63, 3.8) is 0 Å². The predicted molar refractivity (Wildman–Crippen MR) is 129 cm³/mol. The lowest BCUT2D eigenvalue weighted by molar-refractivity contribution is -0.128. The highest BCUT2D eigenvalue weighted by atomic mass is 16.2. The fourth-order valence-electron chi connectivity index (χ4n) is 3.49. The van der Waals surface area contributed by atoms with Crippen molar-refractivity contribution >= 4 is 28.4 Å². The van der Waals surface area contributed by atoms with Crippen LogP contribution in [0.15, 0.2) is 42.5 Å². The molecular weight excluding hydrogens is 402 g/mol. The summed E-state index contributed by atoms with van der Waals surface area (Å²) in [4.78, 5) is 36.6. The summed E-state index contributed by atoms with van der Waals surface area (Å²) in [5, 5.41) is 11.2. The van der Waals surface area contributed by atoms with Gasteiger partial charge in [-0.2, -0.15) is 0 Å². The number of hydrogen-bond acceptors (Lipinski definition) is 4. The molecule has 174 valence electrons. The van der Waals surface area contributed by atoms with Crippen LogP contribution in [0, 0.1) is 0 Å². The standard InChI is InChI=1S/C26H37N3O3/c1-4-23(30)12-6-5-9-15-27-26(32)24(29-25(31)18-28-19(2)3)17-20-13-14-21-10-7-8-11-22(21)16-20/h7-8,10-11,13-14,16,19,24,28H,4-6,9,12,15,17-18H2,1-3H3,(H,27,32)(H,29,31)/t24-/m0/s1. The van der Waals surface area contributed by atoms with Crippen molar-refractivity contribution < 1.29 is 14.4 Å². The summed E-state index contributed by atoms with van der Waals surface area (Å²) in [6.07, 6.45) is 4.17. The third-order valence-corrected chi connectivity index (χ3v) is 5.40. The number of rotatable bonds is 14. The first-order valence-corrected chi connectivity index (χ1v) is 11.7. The zero-order valence-electron chi connectivity index (χ0n) is 19.6. The Hall–Kier alpha value is -2.73. The molecule has 0 aliphatic rings. The predicted octanol–water partition coefficient (Wildman–Crippen LogP) is 3.52. The Morgan fingerprint density at radius 2 is 1.69 bits per heavy atom. The maximum Gasteiger partial charge on any atom is 0.242 e. The van der Waals surface area contributed by atoms with E-state index in [0.717, 1.165) is 35.6 Å². The van der Waals surface area contributed by atoms with Crippen LogP contribution in [0.4, 0.5) is 0 Å². The highest BCUT2D eigenvalue weighted by Gasteiger charge is 2.21. The third-order valence-electron chi connectivity index (χ3n) is 5.40. The lowest BCUT2D eigenvalue weighted by atomic mass is 10.0. The molecule has 6 heteroatoms. The van der Waals surface area contributed by atoms with Gasteiger partial charge in [0.1, 0.15) is 11.8 Å². The van der Waals surface area contributed by atoms with Gasteiger partial charge >= 0.3 is 0 Å². The van der Waals surface area contributed by atoms with Crippen LogP contribution in [0.3, 0.4) is 0 Å². The van der Waals surface area contributed by atoms with Gasteiger partial charge in [-0.15, -0.1) is 0 Å². The summed E-state index contributed by atoms with van der Waals surface area (Å²) >= 11 is 0. The quantitative estimate of drug-likeness (QED) is 0.393. The lowest BCUT2D eigenvalue weighted by Gasteiger charge is -2.20. The minimum absolute atomic E-state index is 0.171. The van der Waals surface area contributed by atoms with E-state index >= 15 is 0 Å². The molecule has 32 heavy (non-hydrogen) atoms. The molecule has 0 radical (unpaired) electrons. The van der Waals surface area contributed by atoms with Crippen LogP contribution in [0.5, 0.6) is 0 Å². The second-order valence-electron chi connectivity index (χ2n) is 8.54. The monoisotopic (exact) mass is 439 g/mol. The summed E-state index contributed by atoms with van der Waals surface area (Å²) in [6, 6.07) is 13.7. The number of Topliss-reactive ketones (excluding diaryl/α,β-unsaturated/α-hetero) is 1. The van der Waals surface area contributed by atoms with Gasteiger partial charge in [0.15, 0.2) is 0 Å². The van der Waals surface area contributed by atoms with Crippen LogP contribution in [0.1, 0.15) is 58.4 Å². The van der Waals surface area contributed by atoms with Gasteiger partial charge in [0.2, 0.25) is 11.8 Å². The van der Waals surface area contributed by atoms with Gasteiger partial charge in [0.05, 0.1) is 6.54 Å². The molecule has 0 bridgehead atoms. The molecule has 2 aromatic rings. The normalized spacial score (nSPS) is 12.0. The van der Waals surface area contributed by atoms with Gasteiger partial charge < -0.3 is 16.0 Å². The van der Waals surface area contributed by atoms with Gasteiger partial charge in [-0.3, -0.25) is 14.4 Å². The molecule has 0 spiro atoms. The number of amides is 2. The topological polar surface area (TPSA) is 87.3 Å². The molecular formula is C26H37N3O3. The Morgan fingerprint density at radius 1 is 0.938 bits per heavy atom. The van der Waals surface area contributed by atoms with E-state index in [2.05, 4.69) is 28.1 Å². The fraction of sp³-hybridized carbons (Fsp3) is 0.500. The Bertz CT molecular complexity index is 895. The van der Waals surface area contributed by atoms with E-state index in [1.165, 1.54) is 0 Å². The van der Waals surface area contributed by atoms with Crippen LogP contribution in [0.2, 0.25) is 0 Å². The Labute approximate surface area is 191 Å². The molecule has 2 rings (SSSR count). The van der Waals surface area contributed by atoms with E-state index in [1.54, 1.807) is 0 Å². The van der Waals surface area contributed by atoms with Crippen molar-refractivity contribution in [2.45, 2.75) is 71.4 Å². The molecule has 0 aliphatic heterocycles. The van der Waals surface area contributed by atoms with Crippen molar-refractivity contribution in [3.8, 4) is 0 Å². The number of hydrogen-bond donors (Lipinski definition) is 3. The van der Waals surface area contributed by atoms with E-state index in [4.69, 9.17) is 0 Å². The Kier molecular flexibility index (Phi) is 10.9. The van der Waals surface area contributed by atoms with E-state index < -0.39 is 6.04 Å². The van der Waals surface area contributed by atoms with Crippen molar-refractivity contribution in [3.05, 3.63) is 48.0 Å². The first-order valence-electron chi connectivity index (χ1n) is 11.7. The van der Waals surface area contributed by atoms with Gasteiger partial charge in [-0.05, 0) is 29.2 Å². The maximum absolute atomic E-state index is 12.9. The van der Waals surface area contributed by atoms with Crippen LogP contribution < -0.4 is 16.0 Å². The number of unbranched alkanes of at least 4 members (excludes halogenated alkanes) is 2. The summed E-state index contributed by atoms with van der Waals surface area (Å²) in [7, 11) is 0. The Morgan fingerprint density at radius 3 is 2.41 bits per heavy atom. The smallest absolute Gasteiger partial charge is 0.242 e. The maximum atomic E-state index is 12.9.